The average Bonchev–Trinajstić information content (AvgIpc) is 3.11. The quantitative estimate of drug-likeness (QED) is 0.201. The minimum Gasteiger partial charge on any atom is -0.507 e. The number of hydrogen-bond donors (Lipinski definition) is 2. The third-order valence-corrected chi connectivity index (χ3v) is 5.80. The summed E-state index contributed by atoms with van der Waals surface area (Å²) in [4.78, 5) is 40.5. The van der Waals surface area contributed by atoms with Gasteiger partial charge in [-0.3, -0.25) is 14.4 Å². The molecular formula is C27H33N3O6. The predicted octanol–water partition coefficient (Wildman–Crippen LogP) is 2.71. The highest BCUT2D eigenvalue weighted by molar-refractivity contribution is 6.46. The van der Waals surface area contributed by atoms with Crippen LogP contribution in [0, 0.1) is 0 Å². The van der Waals surface area contributed by atoms with Crippen LogP contribution >= 0.6 is 0 Å². The van der Waals surface area contributed by atoms with Gasteiger partial charge in [-0.05, 0) is 62.5 Å². The highest BCUT2D eigenvalue weighted by Gasteiger charge is 2.45. The number of benzene rings is 2. The maximum absolute atomic E-state index is 13.1. The van der Waals surface area contributed by atoms with Crippen molar-refractivity contribution in [3.8, 4) is 11.5 Å². The first-order chi connectivity index (χ1) is 17.2. The number of likely N-dealkylation sites (tertiary alicyclic amines) is 1. The summed E-state index contributed by atoms with van der Waals surface area (Å²) in [5, 5.41) is 11.2. The monoisotopic (exact) mass is 495 g/mol. The van der Waals surface area contributed by atoms with Crippen molar-refractivity contribution in [3.63, 3.8) is 0 Å². The molecule has 2 aromatic carbocycles. The molecule has 0 bridgehead atoms. The number of Topliss-reactive ketones (excluding diaryl/α,β-unsaturated/α-hetero) is 1. The Labute approximate surface area is 211 Å². The largest absolute Gasteiger partial charge is 0.507 e. The van der Waals surface area contributed by atoms with Gasteiger partial charge in [0.2, 0.25) is 0 Å². The Bertz CT molecular complexity index is 1110. The van der Waals surface area contributed by atoms with Crippen LogP contribution in [0.2, 0.25) is 0 Å². The van der Waals surface area contributed by atoms with Gasteiger partial charge in [-0.25, -0.2) is 0 Å². The van der Waals surface area contributed by atoms with Crippen molar-refractivity contribution in [3.05, 3.63) is 65.2 Å². The molecule has 0 radical (unpaired) electrons. The second-order valence-electron chi connectivity index (χ2n) is 8.85. The van der Waals surface area contributed by atoms with E-state index >= 15 is 0 Å². The molecule has 0 spiro atoms. The lowest BCUT2D eigenvalue weighted by Gasteiger charge is -2.26. The van der Waals surface area contributed by atoms with Crippen LogP contribution < -0.4 is 15.2 Å². The number of carbonyl (C=O) groups excluding carboxylic acids is 3. The van der Waals surface area contributed by atoms with Crippen molar-refractivity contribution in [2.75, 3.05) is 40.4 Å². The third kappa shape index (κ3) is 6.42. The molecule has 1 aliphatic rings. The molecule has 0 aromatic heterocycles. The summed E-state index contributed by atoms with van der Waals surface area (Å²) >= 11 is 0. The summed E-state index contributed by atoms with van der Waals surface area (Å²) in [6.45, 7) is 3.24. The molecule has 1 aliphatic heterocycles. The van der Waals surface area contributed by atoms with Crippen LogP contribution in [0.5, 0.6) is 11.5 Å². The van der Waals surface area contributed by atoms with E-state index in [1.54, 1.807) is 48.5 Å². The van der Waals surface area contributed by atoms with Gasteiger partial charge in [0.1, 0.15) is 17.3 Å². The second-order valence-corrected chi connectivity index (χ2v) is 8.85. The summed E-state index contributed by atoms with van der Waals surface area (Å²) in [6.07, 6.45) is 1.95. The van der Waals surface area contributed by atoms with E-state index in [1.165, 1.54) is 4.90 Å². The van der Waals surface area contributed by atoms with E-state index in [2.05, 4.69) is 6.92 Å². The van der Waals surface area contributed by atoms with Gasteiger partial charge < -0.3 is 30.1 Å². The summed E-state index contributed by atoms with van der Waals surface area (Å²) in [5.41, 5.74) is 6.19. The van der Waals surface area contributed by atoms with E-state index in [0.717, 1.165) is 12.8 Å². The molecule has 3 N–H and O–H groups in total. The van der Waals surface area contributed by atoms with Crippen molar-refractivity contribution in [2.24, 2.45) is 5.73 Å². The van der Waals surface area contributed by atoms with E-state index in [-0.39, 0.29) is 17.9 Å². The Balaban J connectivity index is 1.97. The fourth-order valence-corrected chi connectivity index (χ4v) is 3.86. The number of hydrogen-bond acceptors (Lipinski definition) is 7. The Hall–Kier alpha value is -3.85. The molecule has 0 aliphatic carbocycles. The SMILES string of the molecule is CCCCOc1ccc(/C(O)=C2\C(=O)C(=O)N(CCN(C)C)C2c2ccc(OCC(N)=O)cc2)cc1. The van der Waals surface area contributed by atoms with E-state index < -0.39 is 23.6 Å². The number of amides is 2. The zero-order chi connectivity index (χ0) is 26.2. The molecule has 36 heavy (non-hydrogen) atoms. The summed E-state index contributed by atoms with van der Waals surface area (Å²) < 4.78 is 11.0. The van der Waals surface area contributed by atoms with Crippen LogP contribution in [0.3, 0.4) is 0 Å². The van der Waals surface area contributed by atoms with Crippen LogP contribution in [0.25, 0.3) is 5.76 Å². The minimum absolute atomic E-state index is 0.0178. The molecule has 192 valence electrons. The molecule has 2 amide bonds. The van der Waals surface area contributed by atoms with E-state index in [9.17, 15) is 19.5 Å². The van der Waals surface area contributed by atoms with Crippen LogP contribution in [0.4, 0.5) is 0 Å². The van der Waals surface area contributed by atoms with Crippen LogP contribution in [-0.2, 0) is 14.4 Å². The van der Waals surface area contributed by atoms with E-state index in [0.29, 0.717) is 42.3 Å². The number of carbonyl (C=O) groups is 3. The summed E-state index contributed by atoms with van der Waals surface area (Å²) in [6, 6.07) is 12.7. The Morgan fingerprint density at radius 1 is 1.03 bits per heavy atom. The fourth-order valence-electron chi connectivity index (χ4n) is 3.86. The first-order valence-electron chi connectivity index (χ1n) is 11.9. The van der Waals surface area contributed by atoms with Gasteiger partial charge in [-0.2, -0.15) is 0 Å². The average molecular weight is 496 g/mol. The van der Waals surface area contributed by atoms with Crippen LogP contribution in [-0.4, -0.2) is 72.9 Å². The van der Waals surface area contributed by atoms with Gasteiger partial charge >= 0.3 is 0 Å². The van der Waals surface area contributed by atoms with Gasteiger partial charge in [-0.1, -0.05) is 25.5 Å². The summed E-state index contributed by atoms with van der Waals surface area (Å²) in [7, 11) is 3.75. The van der Waals surface area contributed by atoms with Crippen molar-refractivity contribution in [2.45, 2.75) is 25.8 Å². The number of aliphatic hydroxyl groups excluding tert-OH is 1. The van der Waals surface area contributed by atoms with Crippen LogP contribution in [0.1, 0.15) is 36.9 Å². The molecule has 1 saturated heterocycles. The summed E-state index contributed by atoms with van der Waals surface area (Å²) in [5.74, 6) is -1.18. The maximum atomic E-state index is 13.1. The molecular weight excluding hydrogens is 462 g/mol. The second kappa shape index (κ2) is 12.2. The molecule has 1 fully saturated rings. The van der Waals surface area contributed by atoms with E-state index in [1.807, 2.05) is 19.0 Å². The molecule has 1 atom stereocenters. The maximum Gasteiger partial charge on any atom is 0.295 e. The zero-order valence-corrected chi connectivity index (χ0v) is 20.9. The molecule has 1 unspecified atom stereocenters. The number of nitrogens with zero attached hydrogens (tertiary/aromatic N) is 2. The van der Waals surface area contributed by atoms with Gasteiger partial charge in [0.25, 0.3) is 17.6 Å². The van der Waals surface area contributed by atoms with Crippen molar-refractivity contribution >= 4 is 23.4 Å². The smallest absolute Gasteiger partial charge is 0.295 e. The fraction of sp³-hybridized carbons (Fsp3) is 0.370. The van der Waals surface area contributed by atoms with E-state index in [4.69, 9.17) is 15.2 Å². The number of rotatable bonds is 12. The number of unbranched alkanes of at least 4 members (excludes halogenated alkanes) is 1. The number of nitrogens with two attached hydrogens (primary N) is 1. The Morgan fingerprint density at radius 2 is 1.64 bits per heavy atom. The predicted molar refractivity (Wildman–Crippen MR) is 136 cm³/mol. The van der Waals surface area contributed by atoms with Gasteiger partial charge in [0.15, 0.2) is 6.61 Å². The van der Waals surface area contributed by atoms with Gasteiger partial charge in [0, 0.05) is 18.7 Å². The molecule has 9 heteroatoms. The normalized spacial score (nSPS) is 17.0. The number of aliphatic hydroxyl groups is 1. The first kappa shape index (κ1) is 26.7. The lowest BCUT2D eigenvalue weighted by atomic mass is 9.95. The molecule has 9 nitrogen and oxygen atoms in total. The number of ketones is 1. The zero-order valence-electron chi connectivity index (χ0n) is 20.9. The van der Waals surface area contributed by atoms with Crippen molar-refractivity contribution in [1.29, 1.82) is 0 Å². The molecule has 3 rings (SSSR count). The standard InChI is InChI=1S/C27H33N3O6/c1-4-5-16-35-20-12-8-19(9-13-20)25(32)23-24(30(15-14-29(2)3)27(34)26(23)33)18-6-10-21(11-7-18)36-17-22(28)31/h6-13,24,32H,4-5,14-17H2,1-3H3,(H2,28,31)/b25-23+. The highest BCUT2D eigenvalue weighted by Crippen LogP contribution is 2.39. The minimum atomic E-state index is -0.782. The van der Waals surface area contributed by atoms with Gasteiger partial charge in [0.05, 0.1) is 18.2 Å². The first-order valence-corrected chi connectivity index (χ1v) is 11.9. The lowest BCUT2D eigenvalue weighted by molar-refractivity contribution is -0.140. The lowest BCUT2D eigenvalue weighted by Crippen LogP contribution is -2.35. The number of primary amides is 1. The highest BCUT2D eigenvalue weighted by atomic mass is 16.5. The third-order valence-electron chi connectivity index (χ3n) is 5.80. The van der Waals surface area contributed by atoms with Crippen LogP contribution in [0.15, 0.2) is 54.1 Å². The number of likely N-dealkylation sites (N-methyl/N-ethyl adjacent to an activating group) is 1. The topological polar surface area (TPSA) is 122 Å². The van der Waals surface area contributed by atoms with Crippen molar-refractivity contribution in [1.82, 2.24) is 9.80 Å². The Morgan fingerprint density at radius 3 is 2.22 bits per heavy atom. The van der Waals surface area contributed by atoms with Crippen molar-refractivity contribution < 1.29 is 29.0 Å². The molecule has 0 saturated carbocycles. The molecule has 1 heterocycles. The van der Waals surface area contributed by atoms with Gasteiger partial charge in [-0.15, -0.1) is 0 Å². The molecule has 2 aromatic rings. The number of ether oxygens (including phenoxy) is 2. The Kier molecular flexibility index (Phi) is 9.08.